The minimum absolute atomic E-state index is 0.0255. The van der Waals surface area contributed by atoms with E-state index in [1.54, 1.807) is 12.1 Å². The fourth-order valence-corrected chi connectivity index (χ4v) is 3.77. The molecular weight excluding hydrogens is 359 g/mol. The zero-order chi connectivity index (χ0) is 18.6. The fourth-order valence-electron chi connectivity index (χ4n) is 2.81. The second-order valence-electron chi connectivity index (χ2n) is 5.83. The monoisotopic (exact) mass is 378 g/mol. The molecular formula is C18H19O7P. The van der Waals surface area contributed by atoms with Gasteiger partial charge >= 0.3 is 13.8 Å². The Morgan fingerprint density at radius 3 is 2.69 bits per heavy atom. The van der Waals surface area contributed by atoms with Gasteiger partial charge in [0.25, 0.3) is 0 Å². The van der Waals surface area contributed by atoms with E-state index in [1.807, 2.05) is 30.3 Å². The van der Waals surface area contributed by atoms with Crippen LogP contribution in [0.1, 0.15) is 40.4 Å². The molecule has 0 radical (unpaired) electrons. The molecule has 1 fully saturated rings. The van der Waals surface area contributed by atoms with Gasteiger partial charge in [0.05, 0.1) is 18.3 Å². The molecule has 1 saturated heterocycles. The second-order valence-corrected chi connectivity index (χ2v) is 7.24. The first-order valence-corrected chi connectivity index (χ1v) is 9.64. The number of hydrogen-bond acceptors (Lipinski definition) is 5. The lowest BCUT2D eigenvalue weighted by atomic mass is 9.98. The van der Waals surface area contributed by atoms with Crippen LogP contribution in [0.25, 0.3) is 0 Å². The third-order valence-electron chi connectivity index (χ3n) is 3.98. The van der Waals surface area contributed by atoms with E-state index in [4.69, 9.17) is 13.8 Å². The highest BCUT2D eigenvalue weighted by atomic mass is 31.2. The first-order chi connectivity index (χ1) is 12.5. The molecule has 0 aliphatic carbocycles. The van der Waals surface area contributed by atoms with E-state index in [-0.39, 0.29) is 24.3 Å². The summed E-state index contributed by atoms with van der Waals surface area (Å²) in [5.74, 6) is -0.854. The van der Waals surface area contributed by atoms with Gasteiger partial charge in [0.2, 0.25) is 0 Å². The Labute approximate surface area is 150 Å². The highest BCUT2D eigenvalue weighted by molar-refractivity contribution is 7.47. The normalized spacial score (nSPS) is 23.2. The quantitative estimate of drug-likeness (QED) is 0.760. The molecule has 0 aromatic heterocycles. The molecule has 1 aliphatic rings. The van der Waals surface area contributed by atoms with Crippen LogP contribution in [0.3, 0.4) is 0 Å². The Balaban J connectivity index is 1.95. The molecule has 3 rings (SSSR count). The van der Waals surface area contributed by atoms with E-state index >= 15 is 0 Å². The van der Waals surface area contributed by atoms with Gasteiger partial charge in [-0.25, -0.2) is 9.36 Å². The number of carboxylic acids is 1. The van der Waals surface area contributed by atoms with Gasteiger partial charge in [-0.05, 0) is 30.5 Å². The molecule has 7 nitrogen and oxygen atoms in total. The van der Waals surface area contributed by atoms with Crippen LogP contribution in [0, 0.1) is 0 Å². The number of carboxylic acid groups (broad SMARTS) is 1. The summed E-state index contributed by atoms with van der Waals surface area (Å²) in [4.78, 5) is 21.4. The van der Waals surface area contributed by atoms with Gasteiger partial charge in [-0.15, -0.1) is 0 Å². The second kappa shape index (κ2) is 8.01. The number of rotatable bonds is 5. The molecule has 2 unspecified atom stereocenters. The smallest absolute Gasteiger partial charge is 0.472 e. The van der Waals surface area contributed by atoms with Gasteiger partial charge in [0.1, 0.15) is 12.4 Å². The molecule has 1 heterocycles. The van der Waals surface area contributed by atoms with Crippen molar-refractivity contribution in [2.45, 2.75) is 25.6 Å². The van der Waals surface area contributed by atoms with E-state index in [9.17, 15) is 19.4 Å². The van der Waals surface area contributed by atoms with Crippen molar-refractivity contribution in [1.29, 1.82) is 0 Å². The summed E-state index contributed by atoms with van der Waals surface area (Å²) in [6.07, 6.45) is -0.107. The molecule has 138 valence electrons. The Bertz CT molecular complexity index is 822. The van der Waals surface area contributed by atoms with Gasteiger partial charge in [-0.1, -0.05) is 36.4 Å². The Kier molecular flexibility index (Phi) is 5.74. The third-order valence-corrected chi connectivity index (χ3v) is 5.01. The summed E-state index contributed by atoms with van der Waals surface area (Å²) in [5, 5.41) is 9.53. The zero-order valence-electron chi connectivity index (χ0n) is 13.9. The molecule has 8 heteroatoms. The average Bonchev–Trinajstić information content (AvgIpc) is 2.80. The van der Waals surface area contributed by atoms with Crippen LogP contribution in [0.5, 0.6) is 5.75 Å². The molecule has 2 atom stereocenters. The molecule has 0 amide bonds. The number of ether oxygens (including phenoxy) is 1. The summed E-state index contributed by atoms with van der Waals surface area (Å²) >= 11 is 0. The number of carbonyl (C=O) groups is 1. The number of phosphoric ester groups is 1. The third kappa shape index (κ3) is 4.51. The summed E-state index contributed by atoms with van der Waals surface area (Å²) in [5.41, 5.74) is 1.13. The van der Waals surface area contributed by atoms with Gasteiger partial charge in [-0.3, -0.25) is 9.05 Å². The highest BCUT2D eigenvalue weighted by Crippen LogP contribution is 2.52. The van der Waals surface area contributed by atoms with E-state index in [1.165, 1.54) is 6.07 Å². The number of benzene rings is 2. The largest absolute Gasteiger partial charge is 0.488 e. The fraction of sp³-hybridized carbons (Fsp3) is 0.278. The summed E-state index contributed by atoms with van der Waals surface area (Å²) < 4.78 is 27.8. The van der Waals surface area contributed by atoms with Crippen molar-refractivity contribution in [3.63, 3.8) is 0 Å². The maximum absolute atomic E-state index is 11.9. The maximum Gasteiger partial charge on any atom is 0.472 e. The predicted molar refractivity (Wildman–Crippen MR) is 93.0 cm³/mol. The maximum atomic E-state index is 11.9. The van der Waals surface area contributed by atoms with Crippen LogP contribution in [-0.4, -0.2) is 22.6 Å². The van der Waals surface area contributed by atoms with Crippen LogP contribution in [0.15, 0.2) is 48.5 Å². The standard InChI is InChI=1S/C18H19O7P/c19-18(20)14-8-4-9-15(23-12-13-6-2-1-3-7-13)17(14)16-10-5-11-24-26(21,22)25-16/h1-4,6-9,16H,5,10-12H2,(H,19,20)(H,21,22). The molecule has 2 aromatic rings. The van der Waals surface area contributed by atoms with Gasteiger partial charge in [0, 0.05) is 5.56 Å². The summed E-state index contributed by atoms with van der Waals surface area (Å²) in [7, 11) is -4.25. The zero-order valence-corrected chi connectivity index (χ0v) is 14.8. The van der Waals surface area contributed by atoms with Gasteiger partial charge in [0.15, 0.2) is 0 Å². The molecule has 2 N–H and O–H groups in total. The molecule has 0 spiro atoms. The summed E-state index contributed by atoms with van der Waals surface area (Å²) in [6.45, 7) is 0.302. The van der Waals surface area contributed by atoms with Crippen LogP contribution in [-0.2, 0) is 20.2 Å². The molecule has 2 aromatic carbocycles. The van der Waals surface area contributed by atoms with E-state index in [0.29, 0.717) is 18.6 Å². The minimum Gasteiger partial charge on any atom is -0.488 e. The van der Waals surface area contributed by atoms with Crippen molar-refractivity contribution in [2.75, 3.05) is 6.61 Å². The Morgan fingerprint density at radius 1 is 1.19 bits per heavy atom. The van der Waals surface area contributed by atoms with Crippen molar-refractivity contribution >= 4 is 13.8 Å². The van der Waals surface area contributed by atoms with Crippen LogP contribution < -0.4 is 4.74 Å². The first kappa shape index (κ1) is 18.6. The predicted octanol–water partition coefficient (Wildman–Crippen LogP) is 3.93. The molecule has 0 bridgehead atoms. The van der Waals surface area contributed by atoms with E-state index < -0.39 is 19.9 Å². The van der Waals surface area contributed by atoms with Crippen molar-refractivity contribution in [3.8, 4) is 5.75 Å². The first-order valence-electron chi connectivity index (χ1n) is 8.15. The van der Waals surface area contributed by atoms with Crippen molar-refractivity contribution in [1.82, 2.24) is 0 Å². The number of aromatic carboxylic acids is 1. The van der Waals surface area contributed by atoms with Crippen LogP contribution >= 0.6 is 7.82 Å². The Morgan fingerprint density at radius 2 is 1.96 bits per heavy atom. The van der Waals surface area contributed by atoms with E-state index in [2.05, 4.69) is 0 Å². The van der Waals surface area contributed by atoms with Gasteiger partial charge in [-0.2, -0.15) is 0 Å². The molecule has 0 saturated carbocycles. The van der Waals surface area contributed by atoms with Crippen LogP contribution in [0.4, 0.5) is 0 Å². The highest BCUT2D eigenvalue weighted by Gasteiger charge is 2.34. The SMILES string of the molecule is O=C(O)c1cccc(OCc2ccccc2)c1C1CCCOP(=O)(O)O1. The molecule has 1 aliphatic heterocycles. The topological polar surface area (TPSA) is 102 Å². The van der Waals surface area contributed by atoms with Gasteiger partial charge < -0.3 is 14.7 Å². The summed E-state index contributed by atoms with van der Waals surface area (Å²) in [6, 6.07) is 14.0. The Hall–Kier alpha value is -2.18. The van der Waals surface area contributed by atoms with Crippen molar-refractivity contribution < 1.29 is 33.1 Å². The minimum atomic E-state index is -4.25. The van der Waals surface area contributed by atoms with Crippen LogP contribution in [0.2, 0.25) is 0 Å². The van der Waals surface area contributed by atoms with Crippen molar-refractivity contribution in [3.05, 3.63) is 65.2 Å². The van der Waals surface area contributed by atoms with E-state index in [0.717, 1.165) is 5.56 Å². The lowest BCUT2D eigenvalue weighted by molar-refractivity contribution is 0.0684. The molecule has 26 heavy (non-hydrogen) atoms. The number of hydrogen-bond donors (Lipinski definition) is 2. The van der Waals surface area contributed by atoms with Crippen molar-refractivity contribution in [2.24, 2.45) is 0 Å². The lowest BCUT2D eigenvalue weighted by Crippen LogP contribution is -2.12. The average molecular weight is 378 g/mol. The number of phosphoric acid groups is 1. The lowest BCUT2D eigenvalue weighted by Gasteiger charge is -2.22.